The van der Waals surface area contributed by atoms with Crippen molar-refractivity contribution >= 4 is 6.09 Å². The Morgan fingerprint density at radius 1 is 1.10 bits per heavy atom. The lowest BCUT2D eigenvalue weighted by Crippen LogP contribution is -2.58. The molecule has 0 aromatic rings. The highest BCUT2D eigenvalue weighted by Crippen LogP contribution is 2.28. The molecular weight excluding hydrogens is 256 g/mol. The van der Waals surface area contributed by atoms with E-state index in [4.69, 9.17) is 9.47 Å². The molecule has 0 spiro atoms. The molecule has 20 heavy (non-hydrogen) atoms. The van der Waals surface area contributed by atoms with Crippen molar-refractivity contribution in [3.05, 3.63) is 0 Å². The lowest BCUT2D eigenvalue weighted by atomic mass is 9.89. The van der Waals surface area contributed by atoms with Crippen LogP contribution < -0.4 is 0 Å². The number of carbonyl (C=O) groups is 1. The summed E-state index contributed by atoms with van der Waals surface area (Å²) in [5.74, 6) is 0. The van der Waals surface area contributed by atoms with Crippen LogP contribution in [0.15, 0.2) is 0 Å². The van der Waals surface area contributed by atoms with Gasteiger partial charge in [-0.15, -0.1) is 0 Å². The second-order valence-electron chi connectivity index (χ2n) is 7.06. The highest BCUT2D eigenvalue weighted by molar-refractivity contribution is 5.68. The number of ether oxygens (including phenoxy) is 2. The van der Waals surface area contributed by atoms with Crippen LogP contribution in [0.4, 0.5) is 4.79 Å². The number of nitrogens with zero attached hydrogens (tertiary/aromatic N) is 2. The maximum Gasteiger partial charge on any atom is 0.410 e. The number of hydrogen-bond acceptors (Lipinski definition) is 4. The zero-order valence-corrected chi connectivity index (χ0v) is 13.3. The van der Waals surface area contributed by atoms with Gasteiger partial charge in [-0.1, -0.05) is 0 Å². The average Bonchev–Trinajstić information content (AvgIpc) is 2.38. The van der Waals surface area contributed by atoms with E-state index in [1.165, 1.54) is 0 Å². The van der Waals surface area contributed by atoms with Crippen molar-refractivity contribution in [1.29, 1.82) is 0 Å². The van der Waals surface area contributed by atoms with Gasteiger partial charge in [0, 0.05) is 44.9 Å². The SMILES string of the molecule is CC(C)(C)OC(=O)N1CCN(C2(C)CCOCC2)CC1. The molecular formula is C15H28N2O3. The first kappa shape index (κ1) is 15.6. The van der Waals surface area contributed by atoms with Gasteiger partial charge in [0.15, 0.2) is 0 Å². The number of piperazine rings is 1. The first-order valence-electron chi connectivity index (χ1n) is 7.61. The summed E-state index contributed by atoms with van der Waals surface area (Å²) in [6.45, 7) is 13.1. The van der Waals surface area contributed by atoms with Gasteiger partial charge >= 0.3 is 6.09 Å². The van der Waals surface area contributed by atoms with E-state index in [2.05, 4.69) is 11.8 Å². The van der Waals surface area contributed by atoms with Crippen molar-refractivity contribution in [2.45, 2.75) is 51.7 Å². The summed E-state index contributed by atoms with van der Waals surface area (Å²) in [5.41, 5.74) is -0.181. The van der Waals surface area contributed by atoms with Gasteiger partial charge in [0.2, 0.25) is 0 Å². The van der Waals surface area contributed by atoms with Gasteiger partial charge in [-0.05, 0) is 40.5 Å². The molecule has 0 aromatic heterocycles. The number of carbonyl (C=O) groups excluding carboxylic acids is 1. The Bertz CT molecular complexity index is 338. The van der Waals surface area contributed by atoms with Gasteiger partial charge < -0.3 is 14.4 Å². The van der Waals surface area contributed by atoms with Crippen molar-refractivity contribution in [1.82, 2.24) is 9.80 Å². The second-order valence-corrected chi connectivity index (χ2v) is 7.06. The number of amides is 1. The van der Waals surface area contributed by atoms with Gasteiger partial charge in [-0.25, -0.2) is 4.79 Å². The van der Waals surface area contributed by atoms with E-state index < -0.39 is 5.60 Å². The van der Waals surface area contributed by atoms with Gasteiger partial charge in [-0.2, -0.15) is 0 Å². The predicted octanol–water partition coefficient (Wildman–Crippen LogP) is 2.11. The predicted molar refractivity (Wildman–Crippen MR) is 77.8 cm³/mol. The Kier molecular flexibility index (Phi) is 4.59. The normalized spacial score (nSPS) is 24.5. The molecule has 2 aliphatic rings. The van der Waals surface area contributed by atoms with Crippen LogP contribution in [0, 0.1) is 0 Å². The Hall–Kier alpha value is -0.810. The maximum absolute atomic E-state index is 12.0. The largest absolute Gasteiger partial charge is 0.444 e. The molecule has 0 aromatic carbocycles. The van der Waals surface area contributed by atoms with Gasteiger partial charge in [0.1, 0.15) is 5.60 Å². The molecule has 0 radical (unpaired) electrons. The maximum atomic E-state index is 12.0. The van der Waals surface area contributed by atoms with Crippen LogP contribution in [0.2, 0.25) is 0 Å². The Balaban J connectivity index is 1.84. The lowest BCUT2D eigenvalue weighted by Gasteiger charge is -2.47. The van der Waals surface area contributed by atoms with Crippen LogP contribution in [0.5, 0.6) is 0 Å². The van der Waals surface area contributed by atoms with Gasteiger partial charge in [-0.3, -0.25) is 4.90 Å². The second kappa shape index (κ2) is 5.90. The summed E-state index contributed by atoms with van der Waals surface area (Å²) in [4.78, 5) is 16.4. The van der Waals surface area contributed by atoms with E-state index in [9.17, 15) is 4.79 Å². The summed E-state index contributed by atoms with van der Waals surface area (Å²) < 4.78 is 10.9. The molecule has 2 rings (SSSR count). The minimum Gasteiger partial charge on any atom is -0.444 e. The molecule has 2 fully saturated rings. The van der Waals surface area contributed by atoms with Gasteiger partial charge in [0.25, 0.3) is 0 Å². The molecule has 2 heterocycles. The van der Waals surface area contributed by atoms with Crippen molar-refractivity contribution in [2.24, 2.45) is 0 Å². The van der Waals surface area contributed by atoms with E-state index in [0.717, 1.165) is 52.2 Å². The van der Waals surface area contributed by atoms with Crippen LogP contribution >= 0.6 is 0 Å². The van der Waals surface area contributed by atoms with Crippen LogP contribution in [0.1, 0.15) is 40.5 Å². The fraction of sp³-hybridized carbons (Fsp3) is 0.933. The van der Waals surface area contributed by atoms with Crippen LogP contribution in [-0.2, 0) is 9.47 Å². The zero-order valence-electron chi connectivity index (χ0n) is 13.3. The monoisotopic (exact) mass is 284 g/mol. The molecule has 0 unspecified atom stereocenters. The van der Waals surface area contributed by atoms with Crippen molar-refractivity contribution in [2.75, 3.05) is 39.4 Å². The molecule has 0 aliphatic carbocycles. The molecule has 1 amide bonds. The molecule has 0 bridgehead atoms. The number of hydrogen-bond donors (Lipinski definition) is 0. The summed E-state index contributed by atoms with van der Waals surface area (Å²) in [6.07, 6.45) is 1.98. The fourth-order valence-electron chi connectivity index (χ4n) is 2.88. The molecule has 5 heteroatoms. The molecule has 2 saturated heterocycles. The lowest BCUT2D eigenvalue weighted by molar-refractivity contribution is -0.0424. The van der Waals surface area contributed by atoms with Gasteiger partial charge in [0.05, 0.1) is 0 Å². The summed E-state index contributed by atoms with van der Waals surface area (Å²) in [5, 5.41) is 0. The minimum atomic E-state index is -0.416. The molecule has 0 N–H and O–H groups in total. The van der Waals surface area contributed by atoms with E-state index in [1.807, 2.05) is 25.7 Å². The Morgan fingerprint density at radius 3 is 2.15 bits per heavy atom. The van der Waals surface area contributed by atoms with Crippen LogP contribution in [0.3, 0.4) is 0 Å². The van der Waals surface area contributed by atoms with Crippen molar-refractivity contribution < 1.29 is 14.3 Å². The minimum absolute atomic E-state index is 0.186. The summed E-state index contributed by atoms with van der Waals surface area (Å²) in [7, 11) is 0. The highest BCUT2D eigenvalue weighted by Gasteiger charge is 2.36. The average molecular weight is 284 g/mol. The van der Waals surface area contributed by atoms with E-state index in [-0.39, 0.29) is 11.6 Å². The third-order valence-electron chi connectivity index (χ3n) is 4.26. The first-order chi connectivity index (χ1) is 9.30. The van der Waals surface area contributed by atoms with E-state index in [1.54, 1.807) is 0 Å². The molecule has 0 saturated carbocycles. The quantitative estimate of drug-likeness (QED) is 0.739. The highest BCUT2D eigenvalue weighted by atomic mass is 16.6. The van der Waals surface area contributed by atoms with Crippen molar-refractivity contribution in [3.63, 3.8) is 0 Å². The number of rotatable bonds is 1. The molecule has 0 atom stereocenters. The topological polar surface area (TPSA) is 42.0 Å². The molecule has 2 aliphatic heterocycles. The van der Waals surface area contributed by atoms with E-state index in [0.29, 0.717) is 0 Å². The van der Waals surface area contributed by atoms with Crippen LogP contribution in [0.25, 0.3) is 0 Å². The third-order valence-corrected chi connectivity index (χ3v) is 4.26. The Labute approximate surface area is 122 Å². The van der Waals surface area contributed by atoms with Crippen LogP contribution in [-0.4, -0.2) is 66.4 Å². The van der Waals surface area contributed by atoms with E-state index >= 15 is 0 Å². The summed E-state index contributed by atoms with van der Waals surface area (Å²) >= 11 is 0. The standard InChI is InChI=1S/C15H28N2O3/c1-14(2,3)20-13(18)16-7-9-17(10-8-16)15(4)5-11-19-12-6-15/h5-12H2,1-4H3. The summed E-state index contributed by atoms with van der Waals surface area (Å²) in [6, 6.07) is 0. The van der Waals surface area contributed by atoms with Crippen molar-refractivity contribution in [3.8, 4) is 0 Å². The zero-order chi connectivity index (χ0) is 14.8. The first-order valence-corrected chi connectivity index (χ1v) is 7.61. The Morgan fingerprint density at radius 2 is 1.65 bits per heavy atom. The smallest absolute Gasteiger partial charge is 0.410 e. The third kappa shape index (κ3) is 3.85. The molecule has 116 valence electrons. The fourth-order valence-corrected chi connectivity index (χ4v) is 2.88. The molecule has 5 nitrogen and oxygen atoms in total.